The molecule has 30 heavy (non-hydrogen) atoms. The molecule has 7 heteroatoms. The molecule has 3 aromatic rings. The Morgan fingerprint density at radius 3 is 2.53 bits per heavy atom. The van der Waals surface area contributed by atoms with Crippen molar-refractivity contribution in [1.82, 2.24) is 10.2 Å². The Kier molecular flexibility index (Phi) is 7.19. The maximum absolute atomic E-state index is 12.4. The fourth-order valence-electron chi connectivity index (χ4n) is 2.95. The number of benzene rings is 2. The summed E-state index contributed by atoms with van der Waals surface area (Å²) in [6.45, 7) is 6.11. The third-order valence-electron chi connectivity index (χ3n) is 4.35. The third kappa shape index (κ3) is 5.45. The van der Waals surface area contributed by atoms with Gasteiger partial charge in [-0.3, -0.25) is 4.79 Å². The van der Waals surface area contributed by atoms with Crippen molar-refractivity contribution >= 4 is 29.3 Å². The first-order chi connectivity index (χ1) is 14.5. The van der Waals surface area contributed by atoms with E-state index in [1.807, 2.05) is 31.2 Å². The van der Waals surface area contributed by atoms with Gasteiger partial charge in [0.05, 0.1) is 29.3 Å². The standard InChI is InChI=1S/C23H23N3O3S/c1-4-29-23(28)18-7-5-6-8-19(18)24-21(27)14-30-22-12-11-20(25-26-22)17-10-9-15(2)13-16(17)3/h5-13H,4,14H2,1-3H3,(H,24,27). The number of ether oxygens (including phenoxy) is 1. The molecule has 2 aromatic carbocycles. The van der Waals surface area contributed by atoms with Crippen molar-refractivity contribution in [3.8, 4) is 11.3 Å². The highest BCUT2D eigenvalue weighted by Crippen LogP contribution is 2.24. The lowest BCUT2D eigenvalue weighted by atomic mass is 10.0. The first kappa shape index (κ1) is 21.5. The summed E-state index contributed by atoms with van der Waals surface area (Å²) in [5.74, 6) is -0.555. The number of rotatable bonds is 7. The number of aryl methyl sites for hydroxylation is 2. The van der Waals surface area contributed by atoms with E-state index < -0.39 is 5.97 Å². The number of para-hydroxylation sites is 1. The predicted octanol–water partition coefficient (Wildman–Crippen LogP) is 4.67. The molecular weight excluding hydrogens is 398 g/mol. The van der Waals surface area contributed by atoms with Gasteiger partial charge in [0.1, 0.15) is 5.03 Å². The van der Waals surface area contributed by atoms with Crippen molar-refractivity contribution in [1.29, 1.82) is 0 Å². The first-order valence-corrected chi connectivity index (χ1v) is 10.6. The van der Waals surface area contributed by atoms with Gasteiger partial charge < -0.3 is 10.1 Å². The second-order valence-electron chi connectivity index (χ2n) is 6.68. The van der Waals surface area contributed by atoms with Gasteiger partial charge in [-0.25, -0.2) is 4.79 Å². The van der Waals surface area contributed by atoms with Gasteiger partial charge in [0, 0.05) is 5.56 Å². The second-order valence-corrected chi connectivity index (χ2v) is 7.67. The maximum atomic E-state index is 12.4. The average Bonchev–Trinajstić information content (AvgIpc) is 2.73. The number of hydrogen-bond donors (Lipinski definition) is 1. The van der Waals surface area contributed by atoms with Crippen LogP contribution < -0.4 is 5.32 Å². The second kappa shape index (κ2) is 10.0. The number of esters is 1. The first-order valence-electron chi connectivity index (χ1n) is 9.58. The molecule has 0 aliphatic carbocycles. The number of anilines is 1. The van der Waals surface area contributed by atoms with Gasteiger partial charge in [0.15, 0.2) is 0 Å². The van der Waals surface area contributed by atoms with Crippen LogP contribution in [0.5, 0.6) is 0 Å². The van der Waals surface area contributed by atoms with Crippen molar-refractivity contribution < 1.29 is 14.3 Å². The molecule has 0 aliphatic heterocycles. The van der Waals surface area contributed by atoms with Crippen molar-refractivity contribution in [2.24, 2.45) is 0 Å². The lowest BCUT2D eigenvalue weighted by molar-refractivity contribution is -0.113. The van der Waals surface area contributed by atoms with Gasteiger partial charge in [-0.15, -0.1) is 10.2 Å². The van der Waals surface area contributed by atoms with Gasteiger partial charge in [0.25, 0.3) is 0 Å². The normalized spacial score (nSPS) is 10.5. The molecule has 0 aliphatic rings. The van der Waals surface area contributed by atoms with Crippen molar-refractivity contribution in [3.63, 3.8) is 0 Å². The lowest BCUT2D eigenvalue weighted by Crippen LogP contribution is -2.17. The minimum absolute atomic E-state index is 0.148. The van der Waals surface area contributed by atoms with Crippen LogP contribution in [0.4, 0.5) is 5.69 Å². The number of amides is 1. The Balaban J connectivity index is 1.61. The molecule has 1 aromatic heterocycles. The average molecular weight is 422 g/mol. The molecule has 0 saturated heterocycles. The van der Waals surface area contributed by atoms with Crippen LogP contribution in [-0.4, -0.2) is 34.4 Å². The Morgan fingerprint density at radius 2 is 1.83 bits per heavy atom. The van der Waals surface area contributed by atoms with E-state index in [4.69, 9.17) is 4.74 Å². The zero-order valence-electron chi connectivity index (χ0n) is 17.1. The van der Waals surface area contributed by atoms with Gasteiger partial charge >= 0.3 is 5.97 Å². The summed E-state index contributed by atoms with van der Waals surface area (Å²) in [5, 5.41) is 11.9. The highest BCUT2D eigenvalue weighted by molar-refractivity contribution is 7.99. The SMILES string of the molecule is CCOC(=O)c1ccccc1NC(=O)CSc1ccc(-c2ccc(C)cc2C)nn1. The highest BCUT2D eigenvalue weighted by Gasteiger charge is 2.14. The van der Waals surface area contributed by atoms with Crippen molar-refractivity contribution in [2.75, 3.05) is 17.7 Å². The van der Waals surface area contributed by atoms with Crippen LogP contribution in [0.1, 0.15) is 28.4 Å². The molecule has 0 atom stereocenters. The zero-order chi connectivity index (χ0) is 21.5. The summed E-state index contributed by atoms with van der Waals surface area (Å²) in [6, 6.07) is 16.7. The molecular formula is C23H23N3O3S. The molecule has 0 radical (unpaired) electrons. The van der Waals surface area contributed by atoms with Gasteiger partial charge in [0.2, 0.25) is 5.91 Å². The largest absolute Gasteiger partial charge is 0.462 e. The zero-order valence-corrected chi connectivity index (χ0v) is 18.0. The molecule has 0 saturated carbocycles. The molecule has 0 spiro atoms. The minimum Gasteiger partial charge on any atom is -0.462 e. The van der Waals surface area contributed by atoms with E-state index >= 15 is 0 Å². The van der Waals surface area contributed by atoms with Crippen LogP contribution in [0.25, 0.3) is 11.3 Å². The fourth-order valence-corrected chi connectivity index (χ4v) is 3.56. The third-order valence-corrected chi connectivity index (χ3v) is 5.27. The number of carbonyl (C=O) groups is 2. The Bertz CT molecular complexity index is 1050. The Hall–Kier alpha value is -3.19. The van der Waals surface area contributed by atoms with Crippen molar-refractivity contribution in [2.45, 2.75) is 25.8 Å². The fraction of sp³-hybridized carbons (Fsp3) is 0.217. The summed E-state index contributed by atoms with van der Waals surface area (Å²) >= 11 is 1.28. The van der Waals surface area contributed by atoms with Gasteiger partial charge in [-0.2, -0.15) is 0 Å². The van der Waals surface area contributed by atoms with E-state index in [1.54, 1.807) is 31.2 Å². The molecule has 0 fully saturated rings. The van der Waals surface area contributed by atoms with E-state index in [0.29, 0.717) is 16.3 Å². The molecule has 154 valence electrons. The smallest absolute Gasteiger partial charge is 0.340 e. The van der Waals surface area contributed by atoms with Crippen LogP contribution in [0, 0.1) is 13.8 Å². The monoisotopic (exact) mass is 421 g/mol. The molecule has 3 rings (SSSR count). The number of thioether (sulfide) groups is 1. The summed E-state index contributed by atoms with van der Waals surface area (Å²) in [4.78, 5) is 24.4. The number of hydrogen-bond acceptors (Lipinski definition) is 6. The molecule has 6 nitrogen and oxygen atoms in total. The van der Waals surface area contributed by atoms with Crippen LogP contribution >= 0.6 is 11.8 Å². The Labute approximate surface area is 180 Å². The molecule has 0 unspecified atom stereocenters. The summed E-state index contributed by atoms with van der Waals surface area (Å²) < 4.78 is 5.03. The maximum Gasteiger partial charge on any atom is 0.340 e. The van der Waals surface area contributed by atoms with E-state index in [2.05, 4.69) is 28.5 Å². The van der Waals surface area contributed by atoms with E-state index in [0.717, 1.165) is 16.8 Å². The van der Waals surface area contributed by atoms with E-state index in [-0.39, 0.29) is 18.3 Å². The van der Waals surface area contributed by atoms with Crippen LogP contribution in [0.2, 0.25) is 0 Å². The van der Waals surface area contributed by atoms with Crippen LogP contribution in [0.3, 0.4) is 0 Å². The molecule has 1 N–H and O–H groups in total. The van der Waals surface area contributed by atoms with Gasteiger partial charge in [-0.1, -0.05) is 47.7 Å². The quantitative estimate of drug-likeness (QED) is 0.441. The highest BCUT2D eigenvalue weighted by atomic mass is 32.2. The van der Waals surface area contributed by atoms with Gasteiger partial charge in [-0.05, 0) is 50.6 Å². The van der Waals surface area contributed by atoms with Crippen LogP contribution in [0.15, 0.2) is 59.6 Å². The van der Waals surface area contributed by atoms with E-state index in [9.17, 15) is 9.59 Å². The summed E-state index contributed by atoms with van der Waals surface area (Å²) in [7, 11) is 0. The number of nitrogens with one attached hydrogen (secondary N) is 1. The summed E-state index contributed by atoms with van der Waals surface area (Å²) in [5.41, 5.74) is 4.94. The molecule has 1 heterocycles. The molecule has 1 amide bonds. The number of carbonyl (C=O) groups excluding carboxylic acids is 2. The number of aromatic nitrogens is 2. The lowest BCUT2D eigenvalue weighted by Gasteiger charge is -2.10. The predicted molar refractivity (Wildman–Crippen MR) is 119 cm³/mol. The van der Waals surface area contributed by atoms with Crippen LogP contribution in [-0.2, 0) is 9.53 Å². The number of nitrogens with zero attached hydrogens (tertiary/aromatic N) is 2. The molecule has 0 bridgehead atoms. The van der Waals surface area contributed by atoms with Crippen molar-refractivity contribution in [3.05, 3.63) is 71.3 Å². The Morgan fingerprint density at radius 1 is 1.03 bits per heavy atom. The van der Waals surface area contributed by atoms with E-state index in [1.165, 1.54) is 17.3 Å². The topological polar surface area (TPSA) is 81.2 Å². The summed E-state index contributed by atoms with van der Waals surface area (Å²) in [6.07, 6.45) is 0. The minimum atomic E-state index is -0.464.